The van der Waals surface area contributed by atoms with Gasteiger partial charge in [-0.05, 0) is 75.7 Å². The molecule has 4 heterocycles. The molecule has 0 aliphatic carbocycles. The summed E-state index contributed by atoms with van der Waals surface area (Å²) in [5, 5.41) is 8.21. The lowest BCUT2D eigenvalue weighted by atomic mass is 10.0. The molecule has 21 heteroatoms. The molecule has 1 saturated heterocycles. The Morgan fingerprint density at radius 1 is 0.873 bits per heavy atom. The molecule has 332 valence electrons. The number of nitrogens with zero attached hydrogens (tertiary/aromatic N) is 5. The summed E-state index contributed by atoms with van der Waals surface area (Å²) in [6.07, 6.45) is 1.08. The van der Waals surface area contributed by atoms with Crippen molar-refractivity contribution in [3.05, 3.63) is 89.4 Å². The standard InChI is InChI=1S/C42H45F2N9O9S/c1-24(2)52-25(3)48-38-30(43)21-26(22-34(38)52)37-31(44)23-46-42(51-37)49-27-7-9-28(10-8-27)63(58,59)47-14-16-61-18-20-62-19-17-60-15-13-45-32-6-4-5-29-36(32)41(57)53(40(29)56)33-11-12-35(54)50-39(33)55/h4-10,21-24,33,45,47H,11-20H2,1-3H3,(H,46,49,51)(H,50,54,55). The number of ether oxygens (including phenoxy) is 3. The number of hydrogen-bond donors (Lipinski definition) is 4. The first kappa shape index (κ1) is 44.8. The van der Waals surface area contributed by atoms with Gasteiger partial charge in [0, 0.05) is 42.5 Å². The zero-order valence-electron chi connectivity index (χ0n) is 34.6. The van der Waals surface area contributed by atoms with Crippen LogP contribution in [0.1, 0.15) is 59.3 Å². The number of benzene rings is 3. The second-order valence-corrected chi connectivity index (χ2v) is 16.6. The largest absolute Gasteiger partial charge is 0.382 e. The summed E-state index contributed by atoms with van der Waals surface area (Å²) in [4.78, 5) is 63.6. The van der Waals surface area contributed by atoms with Crippen LogP contribution in [0.4, 0.5) is 26.1 Å². The van der Waals surface area contributed by atoms with Gasteiger partial charge in [0.2, 0.25) is 27.8 Å². The minimum Gasteiger partial charge on any atom is -0.382 e. The first-order valence-electron chi connectivity index (χ1n) is 20.1. The van der Waals surface area contributed by atoms with Crippen LogP contribution in [0.5, 0.6) is 0 Å². The van der Waals surface area contributed by atoms with E-state index in [0.29, 0.717) is 29.3 Å². The van der Waals surface area contributed by atoms with Crippen LogP contribution in [0, 0.1) is 18.6 Å². The van der Waals surface area contributed by atoms with Crippen molar-refractivity contribution < 1.29 is 50.6 Å². The number of aryl methyl sites for hydroxylation is 1. The van der Waals surface area contributed by atoms with Crippen LogP contribution < -0.4 is 20.7 Å². The zero-order valence-corrected chi connectivity index (χ0v) is 35.4. The number of piperidine rings is 1. The molecule has 2 aromatic heterocycles. The molecule has 63 heavy (non-hydrogen) atoms. The third kappa shape index (κ3) is 10.0. The second kappa shape index (κ2) is 19.4. The summed E-state index contributed by atoms with van der Waals surface area (Å²) in [6, 6.07) is 12.3. The molecule has 0 saturated carbocycles. The van der Waals surface area contributed by atoms with Gasteiger partial charge in [-0.25, -0.2) is 36.9 Å². The van der Waals surface area contributed by atoms with Crippen LogP contribution in [-0.4, -0.2) is 115 Å². The first-order valence-corrected chi connectivity index (χ1v) is 21.6. The topological polar surface area (TPSA) is 225 Å². The molecule has 4 N–H and O–H groups in total. The third-order valence-electron chi connectivity index (χ3n) is 10.2. The number of fused-ring (bicyclic) bond motifs is 2. The number of aromatic nitrogens is 4. The smallest absolute Gasteiger partial charge is 0.264 e. The van der Waals surface area contributed by atoms with Crippen LogP contribution in [-0.2, 0) is 33.8 Å². The van der Waals surface area contributed by atoms with E-state index < -0.39 is 51.3 Å². The third-order valence-corrected chi connectivity index (χ3v) is 11.7. The molecule has 0 bridgehead atoms. The van der Waals surface area contributed by atoms with Crippen molar-refractivity contribution >= 4 is 62.0 Å². The number of rotatable bonds is 20. The predicted molar refractivity (Wildman–Crippen MR) is 225 cm³/mol. The Kier molecular flexibility index (Phi) is 13.8. The highest BCUT2D eigenvalue weighted by atomic mass is 32.2. The Hall–Kier alpha value is -6.26. The van der Waals surface area contributed by atoms with Gasteiger partial charge in [0.1, 0.15) is 23.1 Å². The van der Waals surface area contributed by atoms with E-state index in [1.54, 1.807) is 25.1 Å². The number of nitrogens with one attached hydrogen (secondary N) is 4. The van der Waals surface area contributed by atoms with Crippen molar-refractivity contribution in [1.29, 1.82) is 0 Å². The van der Waals surface area contributed by atoms with Gasteiger partial charge in [-0.3, -0.25) is 29.4 Å². The first-order chi connectivity index (χ1) is 30.2. The van der Waals surface area contributed by atoms with E-state index in [4.69, 9.17) is 14.2 Å². The lowest BCUT2D eigenvalue weighted by molar-refractivity contribution is -0.136. The van der Waals surface area contributed by atoms with Crippen molar-refractivity contribution in [2.24, 2.45) is 0 Å². The normalized spacial score (nSPS) is 15.4. The number of carbonyl (C=O) groups excluding carboxylic acids is 4. The monoisotopic (exact) mass is 889 g/mol. The number of imidazole rings is 1. The molecule has 2 aliphatic rings. The Bertz CT molecular complexity index is 2660. The van der Waals surface area contributed by atoms with Crippen molar-refractivity contribution in [2.75, 3.05) is 63.4 Å². The lowest BCUT2D eigenvalue weighted by Crippen LogP contribution is -2.54. The van der Waals surface area contributed by atoms with Gasteiger partial charge in [-0.15, -0.1) is 0 Å². The van der Waals surface area contributed by atoms with Crippen LogP contribution >= 0.6 is 0 Å². The zero-order chi connectivity index (χ0) is 44.8. The molecule has 0 spiro atoms. The maximum Gasteiger partial charge on any atom is 0.264 e. The van der Waals surface area contributed by atoms with Crippen LogP contribution in [0.3, 0.4) is 0 Å². The highest BCUT2D eigenvalue weighted by molar-refractivity contribution is 7.89. The maximum absolute atomic E-state index is 15.1. The molecule has 1 unspecified atom stereocenters. The number of anilines is 3. The number of amides is 4. The molecule has 3 aromatic carbocycles. The van der Waals surface area contributed by atoms with Gasteiger partial charge < -0.3 is 29.4 Å². The predicted octanol–water partition coefficient (Wildman–Crippen LogP) is 4.25. The fourth-order valence-electron chi connectivity index (χ4n) is 7.33. The van der Waals surface area contributed by atoms with Crippen molar-refractivity contribution in [1.82, 2.24) is 34.5 Å². The van der Waals surface area contributed by atoms with E-state index in [1.165, 1.54) is 36.4 Å². The van der Waals surface area contributed by atoms with E-state index in [1.807, 2.05) is 18.4 Å². The van der Waals surface area contributed by atoms with Gasteiger partial charge in [0.25, 0.3) is 11.8 Å². The number of sulfonamides is 1. The molecule has 18 nitrogen and oxygen atoms in total. The molecular weight excluding hydrogens is 845 g/mol. The summed E-state index contributed by atoms with van der Waals surface area (Å²) >= 11 is 0. The van der Waals surface area contributed by atoms with Crippen molar-refractivity contribution in [3.8, 4) is 11.3 Å². The summed E-state index contributed by atoms with van der Waals surface area (Å²) in [5.41, 5.74) is 1.99. The summed E-state index contributed by atoms with van der Waals surface area (Å²) in [6.45, 7) is 7.33. The molecule has 1 atom stereocenters. The molecule has 4 amide bonds. The number of hydrogen-bond acceptors (Lipinski definition) is 14. The summed E-state index contributed by atoms with van der Waals surface area (Å²) in [7, 11) is -3.87. The fraction of sp³-hybridized carbons (Fsp3) is 0.357. The number of imide groups is 2. The van der Waals surface area contributed by atoms with Gasteiger partial charge >= 0.3 is 0 Å². The van der Waals surface area contributed by atoms with Crippen LogP contribution in [0.2, 0.25) is 0 Å². The van der Waals surface area contributed by atoms with Crippen LogP contribution in [0.15, 0.2) is 65.7 Å². The minimum atomic E-state index is -3.87. The highest BCUT2D eigenvalue weighted by Crippen LogP contribution is 2.33. The average Bonchev–Trinajstić information content (AvgIpc) is 3.72. The van der Waals surface area contributed by atoms with Gasteiger partial charge in [-0.1, -0.05) is 6.07 Å². The van der Waals surface area contributed by atoms with Gasteiger partial charge in [0.15, 0.2) is 11.6 Å². The summed E-state index contributed by atoms with van der Waals surface area (Å²) < 4.78 is 76.7. The summed E-state index contributed by atoms with van der Waals surface area (Å²) in [5.74, 6) is -3.01. The molecule has 7 rings (SSSR count). The van der Waals surface area contributed by atoms with Crippen LogP contribution in [0.25, 0.3) is 22.3 Å². The highest BCUT2D eigenvalue weighted by Gasteiger charge is 2.45. The SMILES string of the molecule is Cc1nc2c(F)cc(-c3nc(Nc4ccc(S(=O)(=O)NCCOCCOCCOCCNc5cccc6c5C(=O)N(C5CCC(=O)NC5=O)C6=O)cc4)ncc3F)cc2n1C(C)C. The Labute approximate surface area is 360 Å². The Morgan fingerprint density at radius 2 is 1.57 bits per heavy atom. The number of halogens is 2. The maximum atomic E-state index is 15.1. The van der Waals surface area contributed by atoms with Crippen molar-refractivity contribution in [3.63, 3.8) is 0 Å². The van der Waals surface area contributed by atoms with Gasteiger partial charge in [0.05, 0.1) is 67.4 Å². The molecule has 5 aromatic rings. The average molecular weight is 890 g/mol. The van der Waals surface area contributed by atoms with E-state index in [0.717, 1.165) is 11.1 Å². The number of carbonyl (C=O) groups is 4. The van der Waals surface area contributed by atoms with E-state index in [2.05, 4.69) is 35.6 Å². The second-order valence-electron chi connectivity index (χ2n) is 14.8. The quantitative estimate of drug-likeness (QED) is 0.0634. The Morgan fingerprint density at radius 3 is 2.27 bits per heavy atom. The lowest BCUT2D eigenvalue weighted by Gasteiger charge is -2.27. The van der Waals surface area contributed by atoms with Crippen molar-refractivity contribution in [2.45, 2.75) is 50.6 Å². The van der Waals surface area contributed by atoms with E-state index in [9.17, 15) is 32.0 Å². The minimum absolute atomic E-state index is 0.000763. The Balaban J connectivity index is 0.780. The molecule has 0 radical (unpaired) electrons. The molecule has 2 aliphatic heterocycles. The van der Waals surface area contributed by atoms with E-state index >= 15 is 4.39 Å². The molecule has 1 fully saturated rings. The molecular formula is C42H45F2N9O9S. The van der Waals surface area contributed by atoms with Gasteiger partial charge in [-0.2, -0.15) is 0 Å². The van der Waals surface area contributed by atoms with E-state index in [-0.39, 0.29) is 104 Å². The fourth-order valence-corrected chi connectivity index (χ4v) is 8.34.